The highest BCUT2D eigenvalue weighted by Crippen LogP contribution is 2.43. The molecule has 0 spiro atoms. The second kappa shape index (κ2) is 5.84. The van der Waals surface area contributed by atoms with E-state index in [9.17, 15) is 18.0 Å². The summed E-state index contributed by atoms with van der Waals surface area (Å²) in [5.74, 6) is -1.08. The maximum Gasteiger partial charge on any atom is 0.446 e. The van der Waals surface area contributed by atoms with Crippen LogP contribution >= 0.6 is 11.8 Å². The molecule has 1 aromatic carbocycles. The maximum absolute atomic E-state index is 12.5. The van der Waals surface area contributed by atoms with Crippen molar-refractivity contribution >= 4 is 17.7 Å². The second-order valence-electron chi connectivity index (χ2n) is 3.17. The van der Waals surface area contributed by atoms with Gasteiger partial charge in [-0.05, 0) is 23.9 Å². The van der Waals surface area contributed by atoms with E-state index in [1.807, 2.05) is 0 Å². The van der Waals surface area contributed by atoms with E-state index in [4.69, 9.17) is 10.00 Å². The van der Waals surface area contributed by atoms with Crippen LogP contribution in [0.3, 0.4) is 0 Å². The van der Waals surface area contributed by atoms with Gasteiger partial charge < -0.3 is 9.47 Å². The van der Waals surface area contributed by atoms with Crippen LogP contribution in [0.1, 0.15) is 15.9 Å². The summed E-state index contributed by atoms with van der Waals surface area (Å²) >= 11 is -0.552. The normalized spacial score (nSPS) is 10.7. The SMILES string of the molecule is COC(=O)c1c(OC)ccc(C#N)c1SC(F)(F)F. The summed E-state index contributed by atoms with van der Waals surface area (Å²) in [4.78, 5) is 11.0. The molecular weight excluding hydrogens is 283 g/mol. The molecule has 0 saturated heterocycles. The van der Waals surface area contributed by atoms with Crippen LogP contribution in [0.2, 0.25) is 0 Å². The smallest absolute Gasteiger partial charge is 0.446 e. The van der Waals surface area contributed by atoms with Crippen molar-refractivity contribution in [1.29, 1.82) is 5.26 Å². The lowest BCUT2D eigenvalue weighted by molar-refractivity contribution is -0.0328. The number of thioether (sulfide) groups is 1. The summed E-state index contributed by atoms with van der Waals surface area (Å²) in [6.45, 7) is 0. The van der Waals surface area contributed by atoms with E-state index in [1.54, 1.807) is 6.07 Å². The fraction of sp³-hybridized carbons (Fsp3) is 0.273. The molecule has 0 heterocycles. The van der Waals surface area contributed by atoms with Gasteiger partial charge in [0.15, 0.2) is 0 Å². The topological polar surface area (TPSA) is 59.3 Å². The molecule has 0 aliphatic carbocycles. The number of nitrogens with zero attached hydrogens (tertiary/aromatic N) is 1. The Morgan fingerprint density at radius 1 is 1.37 bits per heavy atom. The highest BCUT2D eigenvalue weighted by atomic mass is 32.2. The summed E-state index contributed by atoms with van der Waals surface area (Å²) < 4.78 is 46.8. The second-order valence-corrected chi connectivity index (χ2v) is 4.25. The molecule has 0 aliphatic heterocycles. The van der Waals surface area contributed by atoms with Gasteiger partial charge >= 0.3 is 11.5 Å². The molecule has 1 rings (SSSR count). The quantitative estimate of drug-likeness (QED) is 0.633. The molecular formula is C11H8F3NO3S. The Labute approximate surface area is 111 Å². The van der Waals surface area contributed by atoms with Gasteiger partial charge in [-0.3, -0.25) is 0 Å². The highest BCUT2D eigenvalue weighted by Gasteiger charge is 2.34. The fourth-order valence-electron chi connectivity index (χ4n) is 1.34. The van der Waals surface area contributed by atoms with Crippen molar-refractivity contribution in [2.75, 3.05) is 14.2 Å². The van der Waals surface area contributed by atoms with Crippen molar-refractivity contribution in [2.45, 2.75) is 10.4 Å². The molecule has 8 heteroatoms. The van der Waals surface area contributed by atoms with Crippen molar-refractivity contribution in [3.05, 3.63) is 23.3 Å². The van der Waals surface area contributed by atoms with Gasteiger partial charge in [-0.2, -0.15) is 18.4 Å². The molecule has 0 unspecified atom stereocenters. The number of hydrogen-bond acceptors (Lipinski definition) is 5. The molecule has 0 saturated carbocycles. The minimum atomic E-state index is -4.64. The van der Waals surface area contributed by atoms with Crippen LogP contribution in [0.4, 0.5) is 13.2 Å². The van der Waals surface area contributed by atoms with Gasteiger partial charge in [0.25, 0.3) is 0 Å². The van der Waals surface area contributed by atoms with Gasteiger partial charge in [-0.1, -0.05) is 0 Å². The zero-order valence-electron chi connectivity index (χ0n) is 9.87. The van der Waals surface area contributed by atoms with E-state index in [2.05, 4.69) is 4.74 Å². The van der Waals surface area contributed by atoms with E-state index >= 15 is 0 Å². The summed E-state index contributed by atoms with van der Waals surface area (Å²) in [5.41, 5.74) is -5.32. The van der Waals surface area contributed by atoms with Crippen molar-refractivity contribution in [3.8, 4) is 11.8 Å². The van der Waals surface area contributed by atoms with E-state index in [0.717, 1.165) is 13.2 Å². The van der Waals surface area contributed by atoms with Crippen LogP contribution in [0.5, 0.6) is 5.75 Å². The summed E-state index contributed by atoms with van der Waals surface area (Å²) in [6.07, 6.45) is 0. The Kier molecular flexibility index (Phi) is 4.67. The summed E-state index contributed by atoms with van der Waals surface area (Å²) in [5, 5.41) is 8.83. The van der Waals surface area contributed by atoms with Gasteiger partial charge in [0.1, 0.15) is 17.4 Å². The predicted molar refractivity (Wildman–Crippen MR) is 61.0 cm³/mol. The van der Waals surface area contributed by atoms with E-state index in [-0.39, 0.29) is 11.3 Å². The lowest BCUT2D eigenvalue weighted by Gasteiger charge is -2.14. The molecule has 0 radical (unpaired) electrons. The Morgan fingerprint density at radius 3 is 2.42 bits per heavy atom. The largest absolute Gasteiger partial charge is 0.496 e. The first-order valence-corrected chi connectivity index (χ1v) is 5.60. The average molecular weight is 291 g/mol. The maximum atomic E-state index is 12.5. The zero-order valence-corrected chi connectivity index (χ0v) is 10.7. The van der Waals surface area contributed by atoms with Crippen LogP contribution in [0, 0.1) is 11.3 Å². The van der Waals surface area contributed by atoms with Crippen LogP contribution in [0.15, 0.2) is 17.0 Å². The van der Waals surface area contributed by atoms with Gasteiger partial charge in [-0.15, -0.1) is 0 Å². The number of ether oxygens (including phenoxy) is 2. The number of rotatable bonds is 3. The highest BCUT2D eigenvalue weighted by molar-refractivity contribution is 8.00. The molecule has 0 bridgehead atoms. The van der Waals surface area contributed by atoms with E-state index < -0.39 is 33.7 Å². The summed E-state index contributed by atoms with van der Waals surface area (Å²) in [6, 6.07) is 4.00. The monoisotopic (exact) mass is 291 g/mol. The third-order valence-electron chi connectivity index (χ3n) is 2.07. The first kappa shape index (κ1) is 15.2. The van der Waals surface area contributed by atoms with Gasteiger partial charge in [0.2, 0.25) is 0 Å². The van der Waals surface area contributed by atoms with Crippen molar-refractivity contribution < 1.29 is 27.4 Å². The lowest BCUT2D eigenvalue weighted by Crippen LogP contribution is -2.10. The Hall–Kier alpha value is -1.88. The van der Waals surface area contributed by atoms with Crippen molar-refractivity contribution in [3.63, 3.8) is 0 Å². The van der Waals surface area contributed by atoms with Gasteiger partial charge in [0, 0.05) is 0 Å². The third kappa shape index (κ3) is 3.54. The molecule has 0 fully saturated rings. The number of halogens is 3. The molecule has 0 N–H and O–H groups in total. The van der Waals surface area contributed by atoms with Gasteiger partial charge in [0.05, 0.1) is 24.7 Å². The molecule has 4 nitrogen and oxygen atoms in total. The number of carbonyl (C=O) groups is 1. The van der Waals surface area contributed by atoms with Crippen LogP contribution in [-0.2, 0) is 4.74 Å². The Balaban J connectivity index is 3.53. The number of benzene rings is 1. The van der Waals surface area contributed by atoms with Crippen molar-refractivity contribution in [1.82, 2.24) is 0 Å². The predicted octanol–water partition coefficient (Wildman–Crippen LogP) is 2.97. The first-order chi connectivity index (χ1) is 8.84. The molecule has 0 atom stereocenters. The fourth-order valence-corrected chi connectivity index (χ4v) is 2.08. The Bertz CT molecular complexity index is 537. The number of methoxy groups -OCH3 is 2. The standard InChI is InChI=1S/C11H8F3NO3S/c1-17-7-4-3-6(5-15)9(19-11(12,13)14)8(7)10(16)18-2/h3-4H,1-2H3. The third-order valence-corrected chi connectivity index (χ3v) is 2.93. The molecule has 19 heavy (non-hydrogen) atoms. The number of carbonyl (C=O) groups excluding carboxylic acids is 1. The lowest BCUT2D eigenvalue weighted by atomic mass is 10.1. The average Bonchev–Trinajstić information content (AvgIpc) is 2.35. The van der Waals surface area contributed by atoms with Crippen molar-refractivity contribution in [2.24, 2.45) is 0 Å². The number of nitriles is 1. The zero-order chi connectivity index (χ0) is 14.6. The first-order valence-electron chi connectivity index (χ1n) is 4.79. The Morgan fingerprint density at radius 2 is 2.00 bits per heavy atom. The number of alkyl halides is 3. The molecule has 0 aromatic heterocycles. The molecule has 102 valence electrons. The molecule has 0 amide bonds. The minimum absolute atomic E-state index is 0.0856. The van der Waals surface area contributed by atoms with E-state index in [0.29, 0.717) is 0 Å². The van der Waals surface area contributed by atoms with E-state index in [1.165, 1.54) is 13.2 Å². The molecule has 1 aromatic rings. The number of esters is 1. The molecule has 0 aliphatic rings. The summed E-state index contributed by atoms with van der Waals surface area (Å²) in [7, 11) is 2.23. The van der Waals surface area contributed by atoms with Crippen LogP contribution < -0.4 is 4.74 Å². The van der Waals surface area contributed by atoms with Crippen LogP contribution in [-0.4, -0.2) is 25.7 Å². The minimum Gasteiger partial charge on any atom is -0.496 e. The van der Waals surface area contributed by atoms with Crippen LogP contribution in [0.25, 0.3) is 0 Å². The number of hydrogen-bond donors (Lipinski definition) is 0. The van der Waals surface area contributed by atoms with Gasteiger partial charge in [-0.25, -0.2) is 4.79 Å².